The zero-order valence-electron chi connectivity index (χ0n) is 8.21. The summed E-state index contributed by atoms with van der Waals surface area (Å²) in [6.07, 6.45) is 1.09. The fourth-order valence-corrected chi connectivity index (χ4v) is 1.32. The second-order valence-electron chi connectivity index (χ2n) is 2.86. The lowest BCUT2D eigenvalue weighted by molar-refractivity contribution is -0.392. The average molecular weight is 225 g/mol. The van der Waals surface area contributed by atoms with Gasteiger partial charge in [-0.3, -0.25) is 0 Å². The third kappa shape index (κ3) is 1.47. The molecule has 2 aromatic rings. The van der Waals surface area contributed by atoms with Crippen molar-refractivity contribution in [2.24, 2.45) is 0 Å². The van der Waals surface area contributed by atoms with Gasteiger partial charge in [0.1, 0.15) is 6.20 Å². The lowest BCUT2D eigenvalue weighted by atomic mass is 10.5. The van der Waals surface area contributed by atoms with Crippen LogP contribution in [-0.2, 0) is 6.54 Å². The van der Waals surface area contributed by atoms with Crippen molar-refractivity contribution in [1.29, 1.82) is 0 Å². The summed E-state index contributed by atoms with van der Waals surface area (Å²) in [5.41, 5.74) is 0. The minimum absolute atomic E-state index is 0.0695. The van der Waals surface area contributed by atoms with Crippen molar-refractivity contribution >= 4 is 5.82 Å². The van der Waals surface area contributed by atoms with E-state index in [-0.39, 0.29) is 17.5 Å². The number of nitrogens with one attached hydrogen (secondary N) is 1. The molecule has 16 heavy (non-hydrogen) atoms. The molecule has 1 N–H and O–H groups in total. The maximum Gasteiger partial charge on any atom is 0.434 e. The molecular weight excluding hydrogens is 218 g/mol. The molecule has 2 rings (SSSR count). The summed E-state index contributed by atoms with van der Waals surface area (Å²) < 4.78 is 5.97. The van der Waals surface area contributed by atoms with Crippen molar-refractivity contribution in [3.05, 3.63) is 26.9 Å². The monoisotopic (exact) mass is 225 g/mol. The number of nitrogens with zero attached hydrogens (tertiary/aromatic N) is 4. The van der Waals surface area contributed by atoms with Crippen LogP contribution in [-0.4, -0.2) is 24.7 Å². The van der Waals surface area contributed by atoms with Crippen LogP contribution in [0.25, 0.3) is 11.7 Å². The molecule has 0 spiro atoms. The lowest BCUT2D eigenvalue weighted by Crippen LogP contribution is -2.02. The van der Waals surface area contributed by atoms with Crippen LogP contribution in [0.5, 0.6) is 0 Å². The first kappa shape index (κ1) is 10.1. The molecule has 0 saturated heterocycles. The number of imidazole rings is 1. The SMILES string of the molecule is CCn1c([N+](=O)[O-])cnc1-c1n[nH]c(=O)o1. The van der Waals surface area contributed by atoms with Gasteiger partial charge in [0.25, 0.3) is 5.82 Å². The van der Waals surface area contributed by atoms with Gasteiger partial charge in [0.15, 0.2) is 0 Å². The minimum Gasteiger partial charge on any atom is -0.382 e. The molecule has 0 radical (unpaired) electrons. The van der Waals surface area contributed by atoms with Crippen LogP contribution in [0.2, 0.25) is 0 Å². The quantitative estimate of drug-likeness (QED) is 0.586. The Morgan fingerprint density at radius 1 is 1.69 bits per heavy atom. The van der Waals surface area contributed by atoms with Gasteiger partial charge in [0.05, 0.1) is 6.54 Å². The molecule has 0 aromatic carbocycles. The number of rotatable bonds is 3. The van der Waals surface area contributed by atoms with Gasteiger partial charge in [-0.05, 0) is 11.8 Å². The van der Waals surface area contributed by atoms with Crippen LogP contribution < -0.4 is 5.76 Å². The molecule has 0 amide bonds. The van der Waals surface area contributed by atoms with E-state index in [2.05, 4.69) is 19.6 Å². The molecule has 0 aliphatic rings. The molecule has 9 heteroatoms. The van der Waals surface area contributed by atoms with E-state index < -0.39 is 10.7 Å². The van der Waals surface area contributed by atoms with E-state index >= 15 is 0 Å². The molecular formula is C7H7N5O4. The highest BCUT2D eigenvalue weighted by Crippen LogP contribution is 2.20. The standard InChI is InChI=1S/C7H7N5O4/c1-2-11-4(12(14)15)3-8-5(11)6-9-10-7(13)16-6/h3H,2H2,1H3,(H,10,13). The van der Waals surface area contributed by atoms with Crippen LogP contribution in [0, 0.1) is 10.1 Å². The molecule has 2 heterocycles. The minimum atomic E-state index is -0.733. The van der Waals surface area contributed by atoms with Crippen molar-refractivity contribution in [2.75, 3.05) is 0 Å². The molecule has 0 aliphatic heterocycles. The van der Waals surface area contributed by atoms with Gasteiger partial charge in [-0.15, -0.1) is 5.10 Å². The van der Waals surface area contributed by atoms with E-state index in [9.17, 15) is 14.9 Å². The van der Waals surface area contributed by atoms with Gasteiger partial charge < -0.3 is 14.5 Å². The Kier molecular flexibility index (Phi) is 2.27. The van der Waals surface area contributed by atoms with Gasteiger partial charge >= 0.3 is 17.5 Å². The smallest absolute Gasteiger partial charge is 0.382 e. The third-order valence-corrected chi connectivity index (χ3v) is 1.97. The summed E-state index contributed by atoms with van der Waals surface area (Å²) in [7, 11) is 0. The topological polar surface area (TPSA) is 120 Å². The van der Waals surface area contributed by atoms with E-state index in [4.69, 9.17) is 0 Å². The number of hydrogen-bond donors (Lipinski definition) is 1. The molecule has 9 nitrogen and oxygen atoms in total. The van der Waals surface area contributed by atoms with E-state index in [0.717, 1.165) is 6.20 Å². The van der Waals surface area contributed by atoms with Crippen molar-refractivity contribution in [2.45, 2.75) is 13.5 Å². The summed E-state index contributed by atoms with van der Waals surface area (Å²) in [6, 6.07) is 0. The molecule has 0 bridgehead atoms. The summed E-state index contributed by atoms with van der Waals surface area (Å²) in [4.78, 5) is 24.6. The number of aromatic nitrogens is 4. The Hall–Kier alpha value is -2.45. The van der Waals surface area contributed by atoms with Gasteiger partial charge in [-0.1, -0.05) is 0 Å². The van der Waals surface area contributed by atoms with E-state index in [1.807, 2.05) is 0 Å². The van der Waals surface area contributed by atoms with Crippen molar-refractivity contribution in [1.82, 2.24) is 19.7 Å². The maximum absolute atomic E-state index is 10.7. The van der Waals surface area contributed by atoms with Gasteiger partial charge in [0, 0.05) is 0 Å². The second kappa shape index (κ2) is 3.61. The predicted octanol–water partition coefficient (Wildman–Crippen LogP) is 0.154. The third-order valence-electron chi connectivity index (χ3n) is 1.97. The van der Waals surface area contributed by atoms with Crippen LogP contribution in [0.15, 0.2) is 15.4 Å². The van der Waals surface area contributed by atoms with Crippen LogP contribution >= 0.6 is 0 Å². The Labute approximate surface area is 87.9 Å². The van der Waals surface area contributed by atoms with Crippen LogP contribution in [0.3, 0.4) is 0 Å². The Morgan fingerprint density at radius 2 is 2.44 bits per heavy atom. The highest BCUT2D eigenvalue weighted by Gasteiger charge is 2.23. The van der Waals surface area contributed by atoms with Crippen LogP contribution in [0.1, 0.15) is 6.92 Å². The summed E-state index contributed by atoms with van der Waals surface area (Å²) in [5, 5.41) is 16.3. The summed E-state index contributed by atoms with van der Waals surface area (Å²) in [5.74, 6) is -0.834. The number of nitro groups is 1. The number of aromatic amines is 1. The first-order valence-corrected chi connectivity index (χ1v) is 4.39. The van der Waals surface area contributed by atoms with E-state index in [0.29, 0.717) is 6.54 Å². The molecule has 0 fully saturated rings. The zero-order valence-corrected chi connectivity index (χ0v) is 8.21. The highest BCUT2D eigenvalue weighted by atomic mass is 16.6. The first-order chi connectivity index (χ1) is 7.63. The molecule has 0 atom stereocenters. The Morgan fingerprint density at radius 3 is 2.94 bits per heavy atom. The fraction of sp³-hybridized carbons (Fsp3) is 0.286. The molecule has 0 saturated carbocycles. The van der Waals surface area contributed by atoms with Gasteiger partial charge in [-0.2, -0.15) is 0 Å². The molecule has 84 valence electrons. The second-order valence-corrected chi connectivity index (χ2v) is 2.86. The van der Waals surface area contributed by atoms with E-state index in [1.165, 1.54) is 4.57 Å². The Bertz CT molecular complexity index is 580. The summed E-state index contributed by atoms with van der Waals surface area (Å²) in [6.45, 7) is 2.03. The maximum atomic E-state index is 10.7. The van der Waals surface area contributed by atoms with E-state index in [1.54, 1.807) is 6.92 Å². The summed E-state index contributed by atoms with van der Waals surface area (Å²) >= 11 is 0. The first-order valence-electron chi connectivity index (χ1n) is 4.39. The van der Waals surface area contributed by atoms with Crippen molar-refractivity contribution < 1.29 is 9.34 Å². The lowest BCUT2D eigenvalue weighted by Gasteiger charge is -1.97. The number of H-pyrrole nitrogens is 1. The number of hydrogen-bond acceptors (Lipinski definition) is 6. The van der Waals surface area contributed by atoms with Crippen molar-refractivity contribution in [3.8, 4) is 11.7 Å². The highest BCUT2D eigenvalue weighted by molar-refractivity contribution is 5.44. The molecule has 0 unspecified atom stereocenters. The molecule has 0 aliphatic carbocycles. The fourth-order valence-electron chi connectivity index (χ4n) is 1.32. The zero-order chi connectivity index (χ0) is 11.7. The average Bonchev–Trinajstić information content (AvgIpc) is 2.82. The van der Waals surface area contributed by atoms with Gasteiger partial charge in [-0.25, -0.2) is 19.4 Å². The largest absolute Gasteiger partial charge is 0.434 e. The Balaban J connectivity index is 2.58. The van der Waals surface area contributed by atoms with Crippen LogP contribution in [0.4, 0.5) is 5.82 Å². The normalized spacial score (nSPS) is 10.6. The van der Waals surface area contributed by atoms with Crippen molar-refractivity contribution in [3.63, 3.8) is 0 Å². The molecule has 2 aromatic heterocycles. The predicted molar refractivity (Wildman–Crippen MR) is 50.7 cm³/mol. The van der Waals surface area contributed by atoms with Gasteiger partial charge in [0.2, 0.25) is 0 Å².